The maximum Gasteiger partial charge on any atom is 0.275 e. The third-order valence-corrected chi connectivity index (χ3v) is 3.79. The standard InChI is InChI=1S/C15H22N2O3/c1-3-7-20-14-9-12(8-13(10-14)17(18)19)16-15-6-4-5-11(15)2/h8-11,15-16H,3-7H2,1-2H3. The Morgan fingerprint density at radius 3 is 2.80 bits per heavy atom. The molecule has 1 aromatic rings. The largest absolute Gasteiger partial charge is 0.493 e. The Kier molecular flexibility index (Phi) is 4.82. The Hall–Kier alpha value is -1.78. The fourth-order valence-corrected chi connectivity index (χ4v) is 2.65. The smallest absolute Gasteiger partial charge is 0.275 e. The third kappa shape index (κ3) is 3.62. The van der Waals surface area contributed by atoms with Crippen molar-refractivity contribution >= 4 is 11.4 Å². The number of anilines is 1. The molecule has 1 N–H and O–H groups in total. The van der Waals surface area contributed by atoms with Crippen molar-refractivity contribution in [2.75, 3.05) is 11.9 Å². The summed E-state index contributed by atoms with van der Waals surface area (Å²) in [6.07, 6.45) is 4.43. The normalized spacial score (nSPS) is 21.7. The van der Waals surface area contributed by atoms with Gasteiger partial charge in [0.15, 0.2) is 0 Å². The van der Waals surface area contributed by atoms with Crippen molar-refractivity contribution in [3.8, 4) is 5.75 Å². The van der Waals surface area contributed by atoms with Crippen molar-refractivity contribution in [1.29, 1.82) is 0 Å². The quantitative estimate of drug-likeness (QED) is 0.631. The molecular formula is C15H22N2O3. The highest BCUT2D eigenvalue weighted by molar-refractivity contribution is 5.57. The number of ether oxygens (including phenoxy) is 1. The lowest BCUT2D eigenvalue weighted by Crippen LogP contribution is -2.21. The zero-order chi connectivity index (χ0) is 14.5. The Labute approximate surface area is 119 Å². The molecule has 1 saturated carbocycles. The second-order valence-corrected chi connectivity index (χ2v) is 5.48. The summed E-state index contributed by atoms with van der Waals surface area (Å²) in [5.74, 6) is 1.17. The second kappa shape index (κ2) is 6.59. The van der Waals surface area contributed by atoms with E-state index in [4.69, 9.17) is 4.74 Å². The second-order valence-electron chi connectivity index (χ2n) is 5.48. The molecule has 0 saturated heterocycles. The highest BCUT2D eigenvalue weighted by Gasteiger charge is 2.23. The van der Waals surface area contributed by atoms with E-state index in [1.165, 1.54) is 18.9 Å². The van der Waals surface area contributed by atoms with Crippen LogP contribution in [0.5, 0.6) is 5.75 Å². The molecule has 2 rings (SSSR count). The molecule has 0 amide bonds. The lowest BCUT2D eigenvalue weighted by atomic mass is 10.1. The van der Waals surface area contributed by atoms with Gasteiger partial charge in [-0.3, -0.25) is 10.1 Å². The summed E-state index contributed by atoms with van der Waals surface area (Å²) < 4.78 is 5.53. The van der Waals surface area contributed by atoms with Crippen molar-refractivity contribution in [1.82, 2.24) is 0 Å². The number of nitrogens with one attached hydrogen (secondary N) is 1. The van der Waals surface area contributed by atoms with Crippen LogP contribution in [0.25, 0.3) is 0 Å². The minimum Gasteiger partial charge on any atom is -0.493 e. The summed E-state index contributed by atoms with van der Waals surface area (Å²) in [4.78, 5) is 10.6. The SMILES string of the molecule is CCCOc1cc(NC2CCCC2C)cc([N+](=O)[O-])c1. The first kappa shape index (κ1) is 14.6. The maximum atomic E-state index is 11.0. The molecule has 0 heterocycles. The molecular weight excluding hydrogens is 256 g/mol. The Morgan fingerprint density at radius 2 is 2.20 bits per heavy atom. The van der Waals surface area contributed by atoms with Crippen molar-refractivity contribution in [2.24, 2.45) is 5.92 Å². The van der Waals surface area contributed by atoms with Crippen molar-refractivity contribution in [3.63, 3.8) is 0 Å². The minimum atomic E-state index is -0.373. The van der Waals surface area contributed by atoms with Crippen LogP contribution in [0.1, 0.15) is 39.5 Å². The molecule has 1 aromatic carbocycles. The maximum absolute atomic E-state index is 11.0. The average molecular weight is 278 g/mol. The summed E-state index contributed by atoms with van der Waals surface area (Å²) in [7, 11) is 0. The Balaban J connectivity index is 2.17. The van der Waals surface area contributed by atoms with Crippen LogP contribution in [0.3, 0.4) is 0 Å². The zero-order valence-electron chi connectivity index (χ0n) is 12.1. The van der Waals surface area contributed by atoms with E-state index in [2.05, 4.69) is 12.2 Å². The number of non-ortho nitro benzene ring substituents is 1. The van der Waals surface area contributed by atoms with Gasteiger partial charge in [-0.15, -0.1) is 0 Å². The van der Waals surface area contributed by atoms with Crippen molar-refractivity contribution < 1.29 is 9.66 Å². The van der Waals surface area contributed by atoms with Gasteiger partial charge in [0.2, 0.25) is 0 Å². The summed E-state index contributed by atoms with van der Waals surface area (Å²) in [6.45, 7) is 4.80. The van der Waals surface area contributed by atoms with Crippen LogP contribution in [0, 0.1) is 16.0 Å². The molecule has 0 bridgehead atoms. The summed E-state index contributed by atoms with van der Waals surface area (Å²) in [5, 5.41) is 14.4. The van der Waals surface area contributed by atoms with E-state index < -0.39 is 0 Å². The number of nitro groups is 1. The number of nitrogens with zero attached hydrogens (tertiary/aromatic N) is 1. The first-order valence-corrected chi connectivity index (χ1v) is 7.29. The predicted molar refractivity (Wildman–Crippen MR) is 79.3 cm³/mol. The number of benzene rings is 1. The van der Waals surface area contributed by atoms with Gasteiger partial charge in [-0.1, -0.05) is 20.3 Å². The van der Waals surface area contributed by atoms with Gasteiger partial charge in [0.25, 0.3) is 5.69 Å². The number of nitro benzene ring substituents is 1. The number of hydrogen-bond donors (Lipinski definition) is 1. The first-order valence-electron chi connectivity index (χ1n) is 7.29. The molecule has 5 heteroatoms. The van der Waals surface area contributed by atoms with E-state index in [1.807, 2.05) is 13.0 Å². The van der Waals surface area contributed by atoms with Gasteiger partial charge in [-0.25, -0.2) is 0 Å². The predicted octanol–water partition coefficient (Wildman–Crippen LogP) is 3.98. The van der Waals surface area contributed by atoms with Crippen LogP contribution < -0.4 is 10.1 Å². The van der Waals surface area contributed by atoms with Crippen molar-refractivity contribution in [2.45, 2.75) is 45.6 Å². The summed E-state index contributed by atoms with van der Waals surface area (Å²) in [5.41, 5.74) is 0.857. The fourth-order valence-electron chi connectivity index (χ4n) is 2.65. The molecule has 0 radical (unpaired) electrons. The van der Waals surface area contributed by atoms with E-state index in [0.717, 1.165) is 18.5 Å². The zero-order valence-corrected chi connectivity index (χ0v) is 12.1. The summed E-state index contributed by atoms with van der Waals surface area (Å²) >= 11 is 0. The van der Waals surface area contributed by atoms with Gasteiger partial charge in [-0.2, -0.15) is 0 Å². The van der Waals surface area contributed by atoms with Gasteiger partial charge < -0.3 is 10.1 Å². The molecule has 2 atom stereocenters. The Morgan fingerprint density at radius 1 is 1.40 bits per heavy atom. The highest BCUT2D eigenvalue weighted by atomic mass is 16.6. The van der Waals surface area contributed by atoms with Gasteiger partial charge >= 0.3 is 0 Å². The lowest BCUT2D eigenvalue weighted by molar-refractivity contribution is -0.384. The van der Waals surface area contributed by atoms with Crippen LogP contribution in [0.4, 0.5) is 11.4 Å². The van der Waals surface area contributed by atoms with Crippen LogP contribution in [0.15, 0.2) is 18.2 Å². The lowest BCUT2D eigenvalue weighted by Gasteiger charge is -2.19. The molecule has 0 spiro atoms. The van der Waals surface area contributed by atoms with E-state index >= 15 is 0 Å². The average Bonchev–Trinajstić information content (AvgIpc) is 2.81. The van der Waals surface area contributed by atoms with E-state index in [1.54, 1.807) is 6.07 Å². The minimum absolute atomic E-state index is 0.0757. The van der Waals surface area contributed by atoms with E-state index in [0.29, 0.717) is 24.3 Å². The van der Waals surface area contributed by atoms with Gasteiger partial charge in [-0.05, 0) is 25.2 Å². The topological polar surface area (TPSA) is 64.4 Å². The van der Waals surface area contributed by atoms with Gasteiger partial charge in [0.05, 0.1) is 17.6 Å². The molecule has 1 aliphatic carbocycles. The first-order chi connectivity index (χ1) is 9.60. The molecule has 2 unspecified atom stereocenters. The van der Waals surface area contributed by atoms with Gasteiger partial charge in [0, 0.05) is 23.9 Å². The highest BCUT2D eigenvalue weighted by Crippen LogP contribution is 2.31. The van der Waals surface area contributed by atoms with Crippen LogP contribution in [-0.2, 0) is 0 Å². The van der Waals surface area contributed by atoms with Crippen LogP contribution >= 0.6 is 0 Å². The van der Waals surface area contributed by atoms with Crippen molar-refractivity contribution in [3.05, 3.63) is 28.3 Å². The van der Waals surface area contributed by atoms with E-state index in [-0.39, 0.29) is 10.6 Å². The van der Waals surface area contributed by atoms with Gasteiger partial charge in [0.1, 0.15) is 5.75 Å². The molecule has 1 fully saturated rings. The van der Waals surface area contributed by atoms with Crippen LogP contribution in [0.2, 0.25) is 0 Å². The molecule has 110 valence electrons. The molecule has 0 aromatic heterocycles. The molecule has 0 aliphatic heterocycles. The molecule has 1 aliphatic rings. The van der Waals surface area contributed by atoms with E-state index in [9.17, 15) is 10.1 Å². The molecule has 20 heavy (non-hydrogen) atoms. The summed E-state index contributed by atoms with van der Waals surface area (Å²) in [6, 6.07) is 5.33. The third-order valence-electron chi connectivity index (χ3n) is 3.79. The number of rotatable bonds is 6. The number of hydrogen-bond acceptors (Lipinski definition) is 4. The molecule has 5 nitrogen and oxygen atoms in total. The fraction of sp³-hybridized carbons (Fsp3) is 0.600. The van der Waals surface area contributed by atoms with Crippen LogP contribution in [-0.4, -0.2) is 17.6 Å². The Bertz CT molecular complexity index is 476. The monoisotopic (exact) mass is 278 g/mol.